The fourth-order valence-corrected chi connectivity index (χ4v) is 1.32. The van der Waals surface area contributed by atoms with Crippen molar-refractivity contribution in [2.45, 2.75) is 26.3 Å². The highest BCUT2D eigenvalue weighted by atomic mass is 16.5. The molecule has 0 saturated carbocycles. The molecule has 1 heterocycles. The van der Waals surface area contributed by atoms with Crippen LogP contribution in [0.5, 0.6) is 5.75 Å². The van der Waals surface area contributed by atoms with Crippen molar-refractivity contribution in [2.24, 2.45) is 0 Å². The normalized spacial score (nSPS) is 11.5. The zero-order valence-electron chi connectivity index (χ0n) is 10.1. The zero-order valence-corrected chi connectivity index (χ0v) is 10.1. The highest BCUT2D eigenvalue weighted by Gasteiger charge is 2.15. The Morgan fingerprint density at radius 1 is 1.18 bits per heavy atom. The van der Waals surface area contributed by atoms with Crippen molar-refractivity contribution in [3.05, 3.63) is 24.3 Å². The van der Waals surface area contributed by atoms with Crippen LogP contribution in [0, 0.1) is 0 Å². The summed E-state index contributed by atoms with van der Waals surface area (Å²) in [5.74, 6) is 0.710. The largest absolute Gasteiger partial charge is 0.508 e. The highest BCUT2D eigenvalue weighted by Crippen LogP contribution is 2.21. The fourth-order valence-electron chi connectivity index (χ4n) is 1.32. The number of hydrogen-bond donors (Lipinski definition) is 2. The van der Waals surface area contributed by atoms with Gasteiger partial charge in [0.05, 0.1) is 0 Å². The van der Waals surface area contributed by atoms with Gasteiger partial charge in [-0.3, -0.25) is 0 Å². The Morgan fingerprint density at radius 3 is 2.41 bits per heavy atom. The minimum Gasteiger partial charge on any atom is -0.508 e. The number of aromatic nitrogens is 2. The quantitative estimate of drug-likeness (QED) is 0.834. The molecule has 0 radical (unpaired) electrons. The monoisotopic (exact) mass is 233 g/mol. The molecular weight excluding hydrogens is 218 g/mol. The Balaban J connectivity index is 2.21. The van der Waals surface area contributed by atoms with E-state index in [-0.39, 0.29) is 11.3 Å². The van der Waals surface area contributed by atoms with Crippen LogP contribution in [0.3, 0.4) is 0 Å². The van der Waals surface area contributed by atoms with E-state index in [1.165, 1.54) is 0 Å². The molecule has 0 fully saturated rings. The number of phenolic OH excluding ortho intramolecular Hbond substituents is 1. The number of nitrogens with one attached hydrogen (secondary N) is 1. The van der Waals surface area contributed by atoms with Crippen LogP contribution in [-0.2, 0) is 0 Å². The van der Waals surface area contributed by atoms with Gasteiger partial charge < -0.3 is 14.9 Å². The third kappa shape index (κ3) is 2.96. The third-order valence-corrected chi connectivity index (χ3v) is 2.03. The van der Waals surface area contributed by atoms with Gasteiger partial charge in [0, 0.05) is 11.1 Å². The molecule has 0 amide bonds. The molecule has 0 aliphatic heterocycles. The lowest BCUT2D eigenvalue weighted by atomic mass is 10.1. The molecule has 0 spiro atoms. The molecule has 2 rings (SSSR count). The van der Waals surface area contributed by atoms with E-state index < -0.39 is 0 Å². The number of phenols is 1. The van der Waals surface area contributed by atoms with Crippen LogP contribution in [0.2, 0.25) is 0 Å². The summed E-state index contributed by atoms with van der Waals surface area (Å²) < 4.78 is 5.09. The third-order valence-electron chi connectivity index (χ3n) is 2.03. The van der Waals surface area contributed by atoms with E-state index in [0.717, 1.165) is 5.56 Å². The topological polar surface area (TPSA) is 71.2 Å². The van der Waals surface area contributed by atoms with Crippen LogP contribution in [0.1, 0.15) is 20.8 Å². The summed E-state index contributed by atoms with van der Waals surface area (Å²) in [6.45, 7) is 6.03. The average molecular weight is 233 g/mol. The van der Waals surface area contributed by atoms with Gasteiger partial charge in [0.15, 0.2) is 0 Å². The summed E-state index contributed by atoms with van der Waals surface area (Å²) in [4.78, 5) is 4.23. The molecule has 0 aliphatic carbocycles. The van der Waals surface area contributed by atoms with Crippen molar-refractivity contribution in [1.29, 1.82) is 0 Å². The van der Waals surface area contributed by atoms with Crippen molar-refractivity contribution in [1.82, 2.24) is 10.1 Å². The summed E-state index contributed by atoms with van der Waals surface area (Å²) in [6.07, 6.45) is 0. The second-order valence-electron chi connectivity index (χ2n) is 4.85. The molecule has 5 heteroatoms. The maximum Gasteiger partial charge on any atom is 0.322 e. The number of nitrogens with zero attached hydrogens (tertiary/aromatic N) is 2. The van der Waals surface area contributed by atoms with Gasteiger partial charge in [-0.2, -0.15) is 4.98 Å². The van der Waals surface area contributed by atoms with Crippen LogP contribution in [0.4, 0.5) is 6.01 Å². The molecule has 1 aromatic carbocycles. The first-order valence-corrected chi connectivity index (χ1v) is 5.35. The Morgan fingerprint density at radius 2 is 1.82 bits per heavy atom. The molecule has 0 aliphatic rings. The predicted molar refractivity (Wildman–Crippen MR) is 64.8 cm³/mol. The van der Waals surface area contributed by atoms with Gasteiger partial charge in [-0.15, -0.1) is 0 Å². The van der Waals surface area contributed by atoms with Gasteiger partial charge in [0.1, 0.15) is 5.75 Å². The molecule has 90 valence electrons. The highest BCUT2D eigenvalue weighted by molar-refractivity contribution is 5.56. The van der Waals surface area contributed by atoms with E-state index in [1.807, 2.05) is 20.8 Å². The Bertz CT molecular complexity index is 497. The van der Waals surface area contributed by atoms with Crippen molar-refractivity contribution in [3.63, 3.8) is 0 Å². The van der Waals surface area contributed by atoms with Gasteiger partial charge in [-0.25, -0.2) is 0 Å². The van der Waals surface area contributed by atoms with Crippen molar-refractivity contribution < 1.29 is 9.63 Å². The Labute approximate surface area is 99.5 Å². The van der Waals surface area contributed by atoms with Crippen LogP contribution in [-0.4, -0.2) is 20.8 Å². The van der Waals surface area contributed by atoms with E-state index in [1.54, 1.807) is 24.3 Å². The minimum absolute atomic E-state index is 0.126. The van der Waals surface area contributed by atoms with Crippen LogP contribution < -0.4 is 5.32 Å². The van der Waals surface area contributed by atoms with Gasteiger partial charge in [0.2, 0.25) is 5.82 Å². The Kier molecular flexibility index (Phi) is 2.75. The number of aromatic hydroxyl groups is 1. The number of anilines is 1. The van der Waals surface area contributed by atoms with Crippen molar-refractivity contribution in [3.8, 4) is 17.1 Å². The maximum atomic E-state index is 9.19. The smallest absolute Gasteiger partial charge is 0.322 e. The lowest BCUT2D eigenvalue weighted by Gasteiger charge is -2.17. The standard InChI is InChI=1S/C12H15N3O2/c1-12(2,3)14-11-13-10(15-17-11)8-4-6-9(16)7-5-8/h4-7,16H,1-3H3,(H,13,14,15). The maximum absolute atomic E-state index is 9.19. The first kappa shape index (κ1) is 11.4. The molecule has 0 atom stereocenters. The minimum atomic E-state index is -0.126. The molecule has 5 nitrogen and oxygen atoms in total. The lowest BCUT2D eigenvalue weighted by molar-refractivity contribution is 0.420. The molecule has 17 heavy (non-hydrogen) atoms. The van der Waals surface area contributed by atoms with Gasteiger partial charge in [-0.1, -0.05) is 5.16 Å². The Hall–Kier alpha value is -2.04. The molecule has 0 saturated heterocycles. The number of benzene rings is 1. The molecule has 2 aromatic rings. The second kappa shape index (κ2) is 4.08. The SMILES string of the molecule is CC(C)(C)Nc1nc(-c2ccc(O)cc2)no1. The summed E-state index contributed by atoms with van der Waals surface area (Å²) >= 11 is 0. The predicted octanol–water partition coefficient (Wildman–Crippen LogP) is 2.65. The lowest BCUT2D eigenvalue weighted by Crippen LogP contribution is -2.26. The molecular formula is C12H15N3O2. The first-order chi connectivity index (χ1) is 7.94. The van der Waals surface area contributed by atoms with E-state index in [0.29, 0.717) is 11.8 Å². The summed E-state index contributed by atoms with van der Waals surface area (Å²) in [7, 11) is 0. The van der Waals surface area contributed by atoms with Crippen molar-refractivity contribution in [2.75, 3.05) is 5.32 Å². The van der Waals surface area contributed by atoms with E-state index in [2.05, 4.69) is 15.5 Å². The molecule has 0 bridgehead atoms. The summed E-state index contributed by atoms with van der Waals surface area (Å²) in [5, 5.41) is 16.1. The van der Waals surface area contributed by atoms with Crippen molar-refractivity contribution >= 4 is 6.01 Å². The van der Waals surface area contributed by atoms with Gasteiger partial charge in [0.25, 0.3) is 0 Å². The van der Waals surface area contributed by atoms with Gasteiger partial charge >= 0.3 is 6.01 Å². The fraction of sp³-hybridized carbons (Fsp3) is 0.333. The van der Waals surface area contributed by atoms with Crippen LogP contribution in [0.15, 0.2) is 28.8 Å². The van der Waals surface area contributed by atoms with E-state index in [9.17, 15) is 5.11 Å². The molecule has 2 N–H and O–H groups in total. The number of hydrogen-bond acceptors (Lipinski definition) is 5. The summed E-state index contributed by atoms with van der Waals surface area (Å²) in [6, 6.07) is 7.04. The van der Waals surface area contributed by atoms with Crippen LogP contribution in [0.25, 0.3) is 11.4 Å². The zero-order chi connectivity index (χ0) is 12.5. The number of rotatable bonds is 2. The van der Waals surface area contributed by atoms with Gasteiger partial charge in [-0.05, 0) is 45.0 Å². The van der Waals surface area contributed by atoms with E-state index in [4.69, 9.17) is 4.52 Å². The summed E-state index contributed by atoms with van der Waals surface area (Å²) in [5.41, 5.74) is 0.673. The van der Waals surface area contributed by atoms with Crippen LogP contribution >= 0.6 is 0 Å². The average Bonchev–Trinajstić information content (AvgIpc) is 2.64. The van der Waals surface area contributed by atoms with E-state index >= 15 is 0 Å². The molecule has 0 unspecified atom stereocenters. The first-order valence-electron chi connectivity index (χ1n) is 5.35. The molecule has 1 aromatic heterocycles. The second-order valence-corrected chi connectivity index (χ2v) is 4.85.